The number of aryl methyl sites for hydroxylation is 2. The molecule has 0 atom stereocenters. The van der Waals surface area contributed by atoms with Crippen molar-refractivity contribution in [2.75, 3.05) is 6.54 Å². The van der Waals surface area contributed by atoms with Crippen LogP contribution in [0.5, 0.6) is 0 Å². The second kappa shape index (κ2) is 6.52. The molecule has 0 saturated carbocycles. The first-order valence-corrected chi connectivity index (χ1v) is 9.01. The summed E-state index contributed by atoms with van der Waals surface area (Å²) in [6, 6.07) is 14.6. The average Bonchev–Trinajstić information content (AvgIpc) is 2.95. The number of hydrogen-bond donors (Lipinski definition) is 1. The minimum atomic E-state index is -3.43. The highest BCUT2D eigenvalue weighted by molar-refractivity contribution is 7.89. The van der Waals surface area contributed by atoms with Crippen LogP contribution in [0.3, 0.4) is 0 Å². The number of hydrogen-bond acceptors (Lipinski definition) is 3. The number of nitrogens with one attached hydrogen (secondary N) is 1. The second-order valence-electron chi connectivity index (χ2n) is 5.49. The smallest absolute Gasteiger partial charge is 0.240 e. The van der Waals surface area contributed by atoms with E-state index in [4.69, 9.17) is 0 Å². The van der Waals surface area contributed by atoms with Crippen LogP contribution < -0.4 is 4.72 Å². The van der Waals surface area contributed by atoms with E-state index in [0.29, 0.717) is 24.4 Å². The van der Waals surface area contributed by atoms with E-state index in [0.717, 1.165) is 10.9 Å². The van der Waals surface area contributed by atoms with Gasteiger partial charge in [0.15, 0.2) is 0 Å². The molecule has 6 heteroatoms. The molecule has 5 nitrogen and oxygen atoms in total. The predicted molar refractivity (Wildman–Crippen MR) is 90.7 cm³/mol. The summed E-state index contributed by atoms with van der Waals surface area (Å²) in [4.78, 5) is 0.292. The molecule has 0 unspecified atom stereocenters. The van der Waals surface area contributed by atoms with Gasteiger partial charge < -0.3 is 0 Å². The Bertz CT molecular complexity index is 902. The van der Waals surface area contributed by atoms with Gasteiger partial charge in [0.2, 0.25) is 10.0 Å². The van der Waals surface area contributed by atoms with E-state index in [1.165, 1.54) is 5.56 Å². The SMILES string of the molecule is Cc1ccc2cnn(CCCNS(=O)(=O)c3ccccc3)c2c1. The lowest BCUT2D eigenvalue weighted by molar-refractivity contribution is 0.560. The molecule has 1 heterocycles. The largest absolute Gasteiger partial charge is 0.265 e. The van der Waals surface area contributed by atoms with Crippen molar-refractivity contribution in [2.45, 2.75) is 24.8 Å². The maximum atomic E-state index is 12.1. The first-order chi connectivity index (χ1) is 11.1. The highest BCUT2D eigenvalue weighted by atomic mass is 32.2. The Balaban J connectivity index is 1.60. The fourth-order valence-electron chi connectivity index (χ4n) is 2.48. The number of benzene rings is 2. The van der Waals surface area contributed by atoms with E-state index in [-0.39, 0.29) is 0 Å². The van der Waals surface area contributed by atoms with E-state index < -0.39 is 10.0 Å². The van der Waals surface area contributed by atoms with Crippen LogP contribution in [0.15, 0.2) is 59.6 Å². The van der Waals surface area contributed by atoms with Crippen LogP contribution in [0.25, 0.3) is 10.9 Å². The Kier molecular flexibility index (Phi) is 4.45. The molecule has 0 aliphatic heterocycles. The van der Waals surface area contributed by atoms with Crippen LogP contribution in [-0.2, 0) is 16.6 Å². The van der Waals surface area contributed by atoms with Gasteiger partial charge in [-0.15, -0.1) is 0 Å². The molecule has 0 aliphatic carbocycles. The van der Waals surface area contributed by atoms with Crippen molar-refractivity contribution < 1.29 is 8.42 Å². The first-order valence-electron chi connectivity index (χ1n) is 7.53. The van der Waals surface area contributed by atoms with Gasteiger partial charge in [-0.3, -0.25) is 4.68 Å². The summed E-state index contributed by atoms with van der Waals surface area (Å²) >= 11 is 0. The van der Waals surface area contributed by atoms with Gasteiger partial charge in [0.05, 0.1) is 16.6 Å². The molecule has 120 valence electrons. The van der Waals surface area contributed by atoms with Gasteiger partial charge in [-0.05, 0) is 37.1 Å². The Labute approximate surface area is 136 Å². The van der Waals surface area contributed by atoms with Crippen LogP contribution in [0, 0.1) is 6.92 Å². The number of aromatic nitrogens is 2. The molecule has 0 fully saturated rings. The highest BCUT2D eigenvalue weighted by Gasteiger charge is 2.12. The Morgan fingerprint density at radius 3 is 2.70 bits per heavy atom. The molecule has 0 bridgehead atoms. The molecule has 2 aromatic carbocycles. The van der Waals surface area contributed by atoms with E-state index >= 15 is 0 Å². The molecule has 3 aromatic rings. The van der Waals surface area contributed by atoms with Crippen molar-refractivity contribution in [2.24, 2.45) is 0 Å². The molecule has 23 heavy (non-hydrogen) atoms. The van der Waals surface area contributed by atoms with E-state index in [1.807, 2.05) is 23.9 Å². The van der Waals surface area contributed by atoms with Crippen LogP contribution >= 0.6 is 0 Å². The van der Waals surface area contributed by atoms with E-state index in [2.05, 4.69) is 22.0 Å². The normalized spacial score (nSPS) is 11.9. The van der Waals surface area contributed by atoms with Crippen LogP contribution in [0.2, 0.25) is 0 Å². The van der Waals surface area contributed by atoms with Crippen molar-refractivity contribution in [1.29, 1.82) is 0 Å². The van der Waals surface area contributed by atoms with Gasteiger partial charge >= 0.3 is 0 Å². The molecule has 1 aromatic heterocycles. The zero-order chi connectivity index (χ0) is 16.3. The lowest BCUT2D eigenvalue weighted by atomic mass is 10.2. The van der Waals surface area contributed by atoms with E-state index in [9.17, 15) is 8.42 Å². The topological polar surface area (TPSA) is 64.0 Å². The van der Waals surface area contributed by atoms with Gasteiger partial charge in [0.25, 0.3) is 0 Å². The lowest BCUT2D eigenvalue weighted by Gasteiger charge is -2.07. The zero-order valence-electron chi connectivity index (χ0n) is 12.9. The monoisotopic (exact) mass is 329 g/mol. The molecule has 0 radical (unpaired) electrons. The maximum Gasteiger partial charge on any atom is 0.240 e. The van der Waals surface area contributed by atoms with Crippen molar-refractivity contribution in [3.05, 3.63) is 60.3 Å². The van der Waals surface area contributed by atoms with E-state index in [1.54, 1.807) is 30.3 Å². The van der Waals surface area contributed by atoms with Crippen LogP contribution in [0.1, 0.15) is 12.0 Å². The zero-order valence-corrected chi connectivity index (χ0v) is 13.8. The van der Waals surface area contributed by atoms with Crippen molar-refractivity contribution in [3.8, 4) is 0 Å². The lowest BCUT2D eigenvalue weighted by Crippen LogP contribution is -2.25. The standard InChI is InChI=1S/C17H19N3O2S/c1-14-8-9-15-13-18-20(17(15)12-14)11-5-10-19-23(21,22)16-6-3-2-4-7-16/h2-4,6-9,12-13,19H,5,10-11H2,1H3. The fourth-order valence-corrected chi connectivity index (χ4v) is 3.57. The molecule has 0 aliphatic rings. The molecule has 0 saturated heterocycles. The summed E-state index contributed by atoms with van der Waals surface area (Å²) in [7, 11) is -3.43. The second-order valence-corrected chi connectivity index (χ2v) is 7.26. The summed E-state index contributed by atoms with van der Waals surface area (Å²) in [6.45, 7) is 3.10. The Morgan fingerprint density at radius 2 is 1.91 bits per heavy atom. The number of rotatable bonds is 6. The van der Waals surface area contributed by atoms with Gasteiger partial charge in [-0.1, -0.05) is 30.3 Å². The molecule has 3 rings (SSSR count). The molecule has 0 amide bonds. The predicted octanol–water partition coefficient (Wildman–Crippen LogP) is 2.71. The fraction of sp³-hybridized carbons (Fsp3) is 0.235. The summed E-state index contributed by atoms with van der Waals surface area (Å²) in [5.74, 6) is 0. The first kappa shape index (κ1) is 15.7. The minimum absolute atomic E-state index is 0.292. The summed E-state index contributed by atoms with van der Waals surface area (Å²) in [6.07, 6.45) is 2.51. The molecular weight excluding hydrogens is 310 g/mol. The van der Waals surface area contributed by atoms with Crippen molar-refractivity contribution >= 4 is 20.9 Å². The third-order valence-electron chi connectivity index (χ3n) is 3.69. The summed E-state index contributed by atoms with van der Waals surface area (Å²) in [5.41, 5.74) is 2.26. The molecule has 0 spiro atoms. The highest BCUT2D eigenvalue weighted by Crippen LogP contribution is 2.15. The average molecular weight is 329 g/mol. The number of nitrogens with zero attached hydrogens (tertiary/aromatic N) is 2. The Morgan fingerprint density at radius 1 is 1.13 bits per heavy atom. The summed E-state index contributed by atoms with van der Waals surface area (Å²) in [5, 5.41) is 5.47. The molecular formula is C17H19N3O2S. The quantitative estimate of drug-likeness (QED) is 0.707. The van der Waals surface area contributed by atoms with Crippen molar-refractivity contribution in [3.63, 3.8) is 0 Å². The molecule has 1 N–H and O–H groups in total. The third-order valence-corrected chi connectivity index (χ3v) is 5.17. The van der Waals surface area contributed by atoms with Crippen LogP contribution in [-0.4, -0.2) is 24.7 Å². The Hall–Kier alpha value is -2.18. The van der Waals surface area contributed by atoms with Gasteiger partial charge in [-0.25, -0.2) is 13.1 Å². The summed E-state index contributed by atoms with van der Waals surface area (Å²) < 4.78 is 28.8. The van der Waals surface area contributed by atoms with Crippen molar-refractivity contribution in [1.82, 2.24) is 14.5 Å². The number of sulfonamides is 1. The minimum Gasteiger partial charge on any atom is -0.265 e. The van der Waals surface area contributed by atoms with Gasteiger partial charge in [0, 0.05) is 18.5 Å². The number of fused-ring (bicyclic) bond motifs is 1. The van der Waals surface area contributed by atoms with Crippen LogP contribution in [0.4, 0.5) is 0 Å². The van der Waals surface area contributed by atoms with Gasteiger partial charge in [-0.2, -0.15) is 5.10 Å². The maximum absolute atomic E-state index is 12.1. The van der Waals surface area contributed by atoms with Gasteiger partial charge in [0.1, 0.15) is 0 Å². The third kappa shape index (κ3) is 3.60.